The number of aromatic nitrogens is 1. The van der Waals surface area contributed by atoms with Gasteiger partial charge in [0.05, 0.1) is 10.5 Å². The number of nitrogens with zero attached hydrogens (tertiary/aromatic N) is 3. The second-order valence-electron chi connectivity index (χ2n) is 3.79. The number of hydrogen-bond acceptors (Lipinski definition) is 6. The van der Waals surface area contributed by atoms with Crippen LogP contribution in [-0.2, 0) is 0 Å². The largest absolute Gasteiger partial charge is 0.437 e. The highest BCUT2D eigenvalue weighted by molar-refractivity contribution is 9.10. The minimum atomic E-state index is -0.542. The molecule has 1 heterocycles. The summed E-state index contributed by atoms with van der Waals surface area (Å²) in [6, 6.07) is 7.47. The van der Waals surface area contributed by atoms with Gasteiger partial charge in [0.2, 0.25) is 5.88 Å². The SMILES string of the molecule is N/C(=N/O)c1cccnc1Oc1cccc([N+](=O)[O-])c1Br. The van der Waals surface area contributed by atoms with Crippen molar-refractivity contribution in [2.45, 2.75) is 0 Å². The Hall–Kier alpha value is -2.68. The highest BCUT2D eigenvalue weighted by Crippen LogP contribution is 2.36. The molecule has 1 aromatic carbocycles. The minimum Gasteiger partial charge on any atom is -0.437 e. The fourth-order valence-electron chi connectivity index (χ4n) is 1.54. The fourth-order valence-corrected chi connectivity index (χ4v) is 2.03. The number of oxime groups is 1. The molecule has 0 spiro atoms. The van der Waals surface area contributed by atoms with Gasteiger partial charge in [0, 0.05) is 12.3 Å². The van der Waals surface area contributed by atoms with Crippen LogP contribution in [0.4, 0.5) is 5.69 Å². The first-order chi connectivity index (χ1) is 10.0. The Balaban J connectivity index is 2.44. The van der Waals surface area contributed by atoms with E-state index in [0.29, 0.717) is 0 Å². The highest BCUT2D eigenvalue weighted by Gasteiger charge is 2.18. The first-order valence-electron chi connectivity index (χ1n) is 5.58. The van der Waals surface area contributed by atoms with Crippen molar-refractivity contribution in [2.75, 3.05) is 0 Å². The molecule has 0 saturated heterocycles. The van der Waals surface area contributed by atoms with Crippen LogP contribution in [0.1, 0.15) is 5.56 Å². The van der Waals surface area contributed by atoms with E-state index in [0.717, 1.165) is 0 Å². The van der Waals surface area contributed by atoms with Crippen molar-refractivity contribution in [3.63, 3.8) is 0 Å². The van der Waals surface area contributed by atoms with Crippen molar-refractivity contribution in [2.24, 2.45) is 10.9 Å². The van der Waals surface area contributed by atoms with Crippen molar-refractivity contribution < 1.29 is 14.9 Å². The molecule has 9 heteroatoms. The Labute approximate surface area is 127 Å². The van der Waals surface area contributed by atoms with Gasteiger partial charge < -0.3 is 15.7 Å². The number of benzene rings is 1. The van der Waals surface area contributed by atoms with E-state index in [1.54, 1.807) is 12.1 Å². The molecule has 0 radical (unpaired) electrons. The molecule has 0 unspecified atom stereocenters. The van der Waals surface area contributed by atoms with Crippen molar-refractivity contribution >= 4 is 27.5 Å². The number of nitro groups is 1. The highest BCUT2D eigenvalue weighted by atomic mass is 79.9. The molecule has 2 rings (SSSR count). The average Bonchev–Trinajstić information content (AvgIpc) is 2.49. The van der Waals surface area contributed by atoms with Gasteiger partial charge in [-0.25, -0.2) is 4.98 Å². The Morgan fingerprint density at radius 3 is 2.86 bits per heavy atom. The van der Waals surface area contributed by atoms with E-state index >= 15 is 0 Å². The van der Waals surface area contributed by atoms with Crippen molar-refractivity contribution in [3.8, 4) is 11.6 Å². The predicted octanol–water partition coefficient (Wildman–Crippen LogP) is 2.64. The maximum atomic E-state index is 10.9. The van der Waals surface area contributed by atoms with Gasteiger partial charge in [-0.1, -0.05) is 11.2 Å². The lowest BCUT2D eigenvalue weighted by molar-refractivity contribution is -0.385. The minimum absolute atomic E-state index is 0.0639. The number of pyridine rings is 1. The molecular formula is C12H9BrN4O4. The van der Waals surface area contributed by atoms with E-state index in [1.165, 1.54) is 24.4 Å². The van der Waals surface area contributed by atoms with Crippen molar-refractivity contribution in [1.82, 2.24) is 4.98 Å². The summed E-state index contributed by atoms with van der Waals surface area (Å²) in [6.07, 6.45) is 1.45. The topological polar surface area (TPSA) is 124 Å². The van der Waals surface area contributed by atoms with E-state index in [1.807, 2.05) is 0 Å². The maximum absolute atomic E-state index is 10.9. The summed E-state index contributed by atoms with van der Waals surface area (Å²) in [5, 5.41) is 22.5. The lowest BCUT2D eigenvalue weighted by Crippen LogP contribution is -2.14. The summed E-state index contributed by atoms with van der Waals surface area (Å²) in [5.74, 6) is 0.0727. The molecule has 0 aliphatic rings. The predicted molar refractivity (Wildman–Crippen MR) is 77.6 cm³/mol. The van der Waals surface area contributed by atoms with Crippen LogP contribution >= 0.6 is 15.9 Å². The molecule has 2 aromatic rings. The summed E-state index contributed by atoms with van der Waals surface area (Å²) >= 11 is 3.11. The van der Waals surface area contributed by atoms with Gasteiger partial charge >= 0.3 is 0 Å². The maximum Gasteiger partial charge on any atom is 0.287 e. The molecule has 3 N–H and O–H groups in total. The van der Waals surface area contributed by atoms with Gasteiger partial charge in [-0.2, -0.15) is 0 Å². The van der Waals surface area contributed by atoms with Gasteiger partial charge in [-0.05, 0) is 34.1 Å². The van der Waals surface area contributed by atoms with Gasteiger partial charge in [-0.15, -0.1) is 0 Å². The van der Waals surface area contributed by atoms with Crippen LogP contribution in [0.3, 0.4) is 0 Å². The second-order valence-corrected chi connectivity index (χ2v) is 4.58. The monoisotopic (exact) mass is 352 g/mol. The molecular weight excluding hydrogens is 344 g/mol. The van der Waals surface area contributed by atoms with Crippen LogP contribution in [0.5, 0.6) is 11.6 Å². The summed E-state index contributed by atoms with van der Waals surface area (Å²) in [4.78, 5) is 14.3. The Bertz CT molecular complexity index is 720. The third-order valence-electron chi connectivity index (χ3n) is 2.50. The smallest absolute Gasteiger partial charge is 0.287 e. The first kappa shape index (κ1) is 14.7. The molecule has 0 fully saturated rings. The lowest BCUT2D eigenvalue weighted by atomic mass is 10.2. The zero-order valence-electron chi connectivity index (χ0n) is 10.4. The molecule has 8 nitrogen and oxygen atoms in total. The molecule has 108 valence electrons. The molecule has 0 aliphatic carbocycles. The second kappa shape index (κ2) is 6.18. The van der Waals surface area contributed by atoms with Crippen LogP contribution in [0.2, 0.25) is 0 Å². The molecule has 0 aliphatic heterocycles. The molecule has 1 aromatic heterocycles. The molecule has 21 heavy (non-hydrogen) atoms. The summed E-state index contributed by atoms with van der Waals surface area (Å²) in [6.45, 7) is 0. The molecule has 0 bridgehead atoms. The number of hydrogen-bond donors (Lipinski definition) is 2. The van der Waals surface area contributed by atoms with Crippen molar-refractivity contribution in [3.05, 3.63) is 56.7 Å². The van der Waals surface area contributed by atoms with Gasteiger partial charge in [0.25, 0.3) is 5.69 Å². The van der Waals surface area contributed by atoms with E-state index in [9.17, 15) is 10.1 Å². The third kappa shape index (κ3) is 3.08. The summed E-state index contributed by atoms with van der Waals surface area (Å²) in [7, 11) is 0. The Morgan fingerprint density at radius 2 is 2.19 bits per heavy atom. The van der Waals surface area contributed by atoms with Crippen LogP contribution in [0.15, 0.2) is 46.2 Å². The number of nitrogens with two attached hydrogens (primary N) is 1. The van der Waals surface area contributed by atoms with E-state index in [-0.39, 0.29) is 33.2 Å². The summed E-state index contributed by atoms with van der Waals surface area (Å²) < 4.78 is 5.69. The third-order valence-corrected chi connectivity index (χ3v) is 3.30. The lowest BCUT2D eigenvalue weighted by Gasteiger charge is -2.10. The van der Waals surface area contributed by atoms with Gasteiger partial charge in [0.1, 0.15) is 4.47 Å². The standard InChI is InChI=1S/C12H9BrN4O4/c13-10-8(17(19)20)4-1-5-9(10)21-12-7(11(14)16-18)3-2-6-15-12/h1-6,18H,(H2,14,16). The zero-order chi connectivity index (χ0) is 15.4. The fraction of sp³-hybridized carbons (Fsp3) is 0. The number of ether oxygens (including phenoxy) is 1. The van der Waals surface area contributed by atoms with Gasteiger partial charge in [-0.3, -0.25) is 10.1 Å². The van der Waals surface area contributed by atoms with E-state index in [4.69, 9.17) is 15.7 Å². The number of rotatable bonds is 4. The molecule has 0 atom stereocenters. The summed E-state index contributed by atoms with van der Waals surface area (Å²) in [5.41, 5.74) is 5.64. The van der Waals surface area contributed by atoms with Crippen LogP contribution in [0.25, 0.3) is 0 Å². The molecule has 0 saturated carbocycles. The van der Waals surface area contributed by atoms with Crippen LogP contribution in [0, 0.1) is 10.1 Å². The quantitative estimate of drug-likeness (QED) is 0.286. The van der Waals surface area contributed by atoms with E-state index < -0.39 is 4.92 Å². The number of nitro benzene ring substituents is 1. The first-order valence-corrected chi connectivity index (χ1v) is 6.37. The zero-order valence-corrected chi connectivity index (χ0v) is 12.0. The molecule has 0 amide bonds. The Kier molecular flexibility index (Phi) is 4.33. The van der Waals surface area contributed by atoms with Gasteiger partial charge in [0.15, 0.2) is 11.6 Å². The van der Waals surface area contributed by atoms with Crippen molar-refractivity contribution in [1.29, 1.82) is 0 Å². The van der Waals surface area contributed by atoms with Crippen LogP contribution < -0.4 is 10.5 Å². The average molecular weight is 353 g/mol. The van der Waals surface area contributed by atoms with E-state index in [2.05, 4.69) is 26.1 Å². The number of amidine groups is 1. The normalized spacial score (nSPS) is 11.2. The van der Waals surface area contributed by atoms with Crippen LogP contribution in [-0.4, -0.2) is 21.0 Å². The number of halogens is 1. The Morgan fingerprint density at radius 1 is 1.43 bits per heavy atom.